The Balaban J connectivity index is 1.63. The number of aromatic nitrogens is 1. The Morgan fingerprint density at radius 3 is 2.24 bits per heavy atom. The molecule has 0 spiro atoms. The molecule has 0 unspecified atom stereocenters. The van der Waals surface area contributed by atoms with E-state index >= 15 is 0 Å². The molecule has 7 heteroatoms. The first kappa shape index (κ1) is 24.8. The summed E-state index contributed by atoms with van der Waals surface area (Å²) in [6, 6.07) is 33.5. The van der Waals surface area contributed by atoms with Crippen molar-refractivity contribution in [2.75, 3.05) is 0 Å². The second-order valence-electron chi connectivity index (χ2n) is 8.55. The van der Waals surface area contributed by atoms with Crippen LogP contribution in [-0.2, 0) is 4.79 Å². The molecule has 0 aliphatic carbocycles. The van der Waals surface area contributed by atoms with Crippen LogP contribution >= 0.6 is 11.3 Å². The summed E-state index contributed by atoms with van der Waals surface area (Å²) in [4.78, 5) is 26.9. The molecule has 186 valence electrons. The molecule has 0 aliphatic heterocycles. The molecule has 0 fully saturated rings. The van der Waals surface area contributed by atoms with Crippen LogP contribution < -0.4 is 20.1 Å². The molecular weight excluding hydrogens is 494 g/mol. The van der Waals surface area contributed by atoms with E-state index in [4.69, 9.17) is 4.42 Å². The fourth-order valence-corrected chi connectivity index (χ4v) is 5.15. The zero-order chi connectivity index (χ0) is 26.5. The molecule has 5 aromatic rings. The number of furan rings is 1. The molecule has 2 aromatic heterocycles. The van der Waals surface area contributed by atoms with Crippen molar-refractivity contribution in [2.24, 2.45) is 0 Å². The Bertz CT molecular complexity index is 1800. The highest BCUT2D eigenvalue weighted by Gasteiger charge is 2.19. The number of hydrogen-bond donors (Lipinski definition) is 1. The quantitative estimate of drug-likeness (QED) is 0.358. The summed E-state index contributed by atoms with van der Waals surface area (Å²) in [6.45, 7) is 1.85. The molecule has 38 heavy (non-hydrogen) atoms. The van der Waals surface area contributed by atoms with Crippen molar-refractivity contribution >= 4 is 28.9 Å². The lowest BCUT2D eigenvalue weighted by Gasteiger charge is -2.13. The molecule has 0 radical (unpaired) electrons. The van der Waals surface area contributed by atoms with Crippen LogP contribution in [0.1, 0.15) is 24.3 Å². The number of carbonyl (C=O) groups excluding carboxylic acids is 1. The molecule has 2 heterocycles. The summed E-state index contributed by atoms with van der Waals surface area (Å²) in [7, 11) is 0. The fourth-order valence-electron chi connectivity index (χ4n) is 4.07. The van der Waals surface area contributed by atoms with Gasteiger partial charge in [0.05, 0.1) is 16.3 Å². The molecule has 3 aromatic carbocycles. The van der Waals surface area contributed by atoms with E-state index in [1.807, 2.05) is 85.8 Å². The van der Waals surface area contributed by atoms with Crippen molar-refractivity contribution in [2.45, 2.75) is 13.0 Å². The minimum absolute atomic E-state index is 0.136. The van der Waals surface area contributed by atoms with Gasteiger partial charge in [-0.3, -0.25) is 14.2 Å². The fraction of sp³-hybridized carbons (Fsp3) is 0.0645. The van der Waals surface area contributed by atoms with Crippen LogP contribution in [0.2, 0.25) is 0 Å². The van der Waals surface area contributed by atoms with Gasteiger partial charge in [0.1, 0.15) is 22.3 Å². The molecule has 0 bridgehead atoms. The molecule has 5 rings (SSSR count). The number of hydrogen-bond acceptors (Lipinski definition) is 5. The average Bonchev–Trinajstić information content (AvgIpc) is 3.55. The monoisotopic (exact) mass is 517 g/mol. The van der Waals surface area contributed by atoms with Gasteiger partial charge in [0.2, 0.25) is 0 Å². The van der Waals surface area contributed by atoms with E-state index in [0.29, 0.717) is 21.7 Å². The summed E-state index contributed by atoms with van der Waals surface area (Å²) in [6.07, 6.45) is 1.64. The van der Waals surface area contributed by atoms with Gasteiger partial charge in [-0.25, -0.2) is 0 Å². The average molecular weight is 518 g/mol. The van der Waals surface area contributed by atoms with Crippen molar-refractivity contribution in [3.8, 4) is 23.1 Å². The van der Waals surface area contributed by atoms with Gasteiger partial charge in [-0.1, -0.05) is 78.9 Å². The molecule has 1 amide bonds. The molecular formula is C31H23N3O3S. The summed E-state index contributed by atoms with van der Waals surface area (Å²) in [5.41, 5.74) is 1.91. The molecule has 0 aliphatic rings. The van der Waals surface area contributed by atoms with Crippen molar-refractivity contribution in [1.29, 1.82) is 5.26 Å². The lowest BCUT2D eigenvalue weighted by Crippen LogP contribution is -2.34. The third kappa shape index (κ3) is 5.12. The van der Waals surface area contributed by atoms with Crippen LogP contribution in [0.15, 0.2) is 112 Å². The first-order chi connectivity index (χ1) is 18.5. The maximum Gasteiger partial charge on any atom is 0.273 e. The first-order valence-corrected chi connectivity index (χ1v) is 12.8. The molecule has 1 N–H and O–H groups in total. The lowest BCUT2D eigenvalue weighted by atomic mass is 10.1. The van der Waals surface area contributed by atoms with E-state index in [2.05, 4.69) is 5.32 Å². The largest absolute Gasteiger partial charge is 0.457 e. The Morgan fingerprint density at radius 2 is 1.58 bits per heavy atom. The van der Waals surface area contributed by atoms with Gasteiger partial charge in [-0.2, -0.15) is 5.26 Å². The zero-order valence-electron chi connectivity index (χ0n) is 20.5. The maximum absolute atomic E-state index is 13.6. The van der Waals surface area contributed by atoms with Crippen LogP contribution in [0.5, 0.6) is 0 Å². The second kappa shape index (κ2) is 11.0. The van der Waals surface area contributed by atoms with Gasteiger partial charge >= 0.3 is 0 Å². The van der Waals surface area contributed by atoms with Crippen molar-refractivity contribution in [1.82, 2.24) is 9.88 Å². The molecule has 6 nitrogen and oxygen atoms in total. The Labute approximate surface area is 223 Å². The van der Waals surface area contributed by atoms with E-state index in [1.54, 1.807) is 36.4 Å². The normalized spacial score (nSPS) is 13.0. The van der Waals surface area contributed by atoms with E-state index in [9.17, 15) is 14.9 Å². The van der Waals surface area contributed by atoms with Gasteiger partial charge in [0.15, 0.2) is 5.57 Å². The van der Waals surface area contributed by atoms with Crippen LogP contribution in [0.4, 0.5) is 0 Å². The predicted octanol–water partition coefficient (Wildman–Crippen LogP) is 4.54. The lowest BCUT2D eigenvalue weighted by molar-refractivity contribution is -0.116. The molecule has 0 saturated heterocycles. The second-order valence-corrected chi connectivity index (χ2v) is 9.58. The van der Waals surface area contributed by atoms with Crippen LogP contribution in [0.25, 0.3) is 28.7 Å². The smallest absolute Gasteiger partial charge is 0.273 e. The highest BCUT2D eigenvalue weighted by molar-refractivity contribution is 7.07. The summed E-state index contributed by atoms with van der Waals surface area (Å²) >= 11 is 1.08. The maximum atomic E-state index is 13.6. The molecule has 1 atom stereocenters. The highest BCUT2D eigenvalue weighted by atomic mass is 32.1. The van der Waals surface area contributed by atoms with E-state index in [0.717, 1.165) is 22.5 Å². The van der Waals surface area contributed by atoms with Crippen molar-refractivity contribution in [3.63, 3.8) is 0 Å². The number of nitrogens with zero attached hydrogens (tertiary/aromatic N) is 2. The Morgan fingerprint density at radius 1 is 0.947 bits per heavy atom. The standard InChI is InChI=1S/C31H23N3O3S/c1-21(22-11-5-2-6-12-22)33-29(35)26(20-32)31-34(24-15-9-4-10-16-24)30(36)28(38-31)19-25-17-18-27(37-25)23-13-7-3-8-14-23/h2-19,21H,1H3,(H,33,35)/b28-19+,31-26+/t21-/m0/s1. The van der Waals surface area contributed by atoms with E-state index < -0.39 is 5.91 Å². The number of nitrogens with one attached hydrogen (secondary N) is 1. The van der Waals surface area contributed by atoms with Gasteiger partial charge in [-0.05, 0) is 36.8 Å². The SMILES string of the molecule is C[C@H](NC(=O)/C(C#N)=c1/s/c(=C/c2ccc(-c3ccccc3)o2)c(=O)n1-c1ccccc1)c1ccccc1. The first-order valence-electron chi connectivity index (χ1n) is 12.0. The van der Waals surface area contributed by atoms with E-state index in [1.165, 1.54) is 4.57 Å². The Hall–Kier alpha value is -4.93. The van der Waals surface area contributed by atoms with Crippen molar-refractivity contribution < 1.29 is 9.21 Å². The number of para-hydroxylation sites is 1. The van der Waals surface area contributed by atoms with Crippen LogP contribution in [0.3, 0.4) is 0 Å². The number of nitriles is 1. The highest BCUT2D eigenvalue weighted by Crippen LogP contribution is 2.22. The van der Waals surface area contributed by atoms with Gasteiger partial charge < -0.3 is 9.73 Å². The topological polar surface area (TPSA) is 88.0 Å². The van der Waals surface area contributed by atoms with Gasteiger partial charge in [-0.15, -0.1) is 11.3 Å². The van der Waals surface area contributed by atoms with Gasteiger partial charge in [0.25, 0.3) is 11.5 Å². The minimum atomic E-state index is -0.550. The van der Waals surface area contributed by atoms with E-state index in [-0.39, 0.29) is 21.8 Å². The number of benzene rings is 3. The number of rotatable bonds is 6. The third-order valence-electron chi connectivity index (χ3n) is 6.00. The third-order valence-corrected chi connectivity index (χ3v) is 7.09. The number of carbonyl (C=O) groups is 1. The van der Waals surface area contributed by atoms with Gasteiger partial charge in [0, 0.05) is 11.6 Å². The summed E-state index contributed by atoms with van der Waals surface area (Å²) in [5, 5.41) is 12.9. The van der Waals surface area contributed by atoms with Crippen LogP contribution in [-0.4, -0.2) is 10.5 Å². The Kier molecular flexibility index (Phi) is 7.16. The molecule has 0 saturated carbocycles. The summed E-state index contributed by atoms with van der Waals surface area (Å²) < 4.78 is 7.97. The number of amides is 1. The summed E-state index contributed by atoms with van der Waals surface area (Å²) in [5.74, 6) is 0.621. The predicted molar refractivity (Wildman–Crippen MR) is 149 cm³/mol. The van der Waals surface area contributed by atoms with Crippen LogP contribution in [0, 0.1) is 11.3 Å². The van der Waals surface area contributed by atoms with Crippen molar-refractivity contribution in [3.05, 3.63) is 134 Å². The zero-order valence-corrected chi connectivity index (χ0v) is 21.3. The minimum Gasteiger partial charge on any atom is -0.457 e. The number of thiazole rings is 1.